The third-order valence-electron chi connectivity index (χ3n) is 2.23. The summed E-state index contributed by atoms with van der Waals surface area (Å²) < 4.78 is 12.8. The van der Waals surface area contributed by atoms with Gasteiger partial charge in [-0.25, -0.2) is 9.18 Å². The highest BCUT2D eigenvalue weighted by Crippen LogP contribution is 2.33. The maximum Gasteiger partial charge on any atom is 0.332 e. The minimum atomic E-state index is -1.14. The number of hydrogen-bond donors (Lipinski definition) is 2. The molecule has 1 aromatic rings. The van der Waals surface area contributed by atoms with Crippen LogP contribution >= 0.6 is 0 Å². The number of carboxylic acids is 1. The molecule has 0 aliphatic carbocycles. The van der Waals surface area contributed by atoms with Gasteiger partial charge in [0.15, 0.2) is 6.04 Å². The molecule has 0 radical (unpaired) electrons. The van der Waals surface area contributed by atoms with Crippen LogP contribution in [0.2, 0.25) is 0 Å². The summed E-state index contributed by atoms with van der Waals surface area (Å²) in [5, 5.41) is 15.9. The Balaban J connectivity index is 2.46. The maximum absolute atomic E-state index is 12.8. The minimum absolute atomic E-state index is 0.292. The zero-order chi connectivity index (χ0) is 11.0. The molecule has 1 aromatic carbocycles. The van der Waals surface area contributed by atoms with Crippen molar-refractivity contribution in [2.45, 2.75) is 12.1 Å². The van der Waals surface area contributed by atoms with E-state index in [1.54, 1.807) is 0 Å². The first kappa shape index (κ1) is 9.72. The van der Waals surface area contributed by atoms with Crippen molar-refractivity contribution >= 4 is 11.7 Å². The molecule has 3 N–H and O–H groups in total. The van der Waals surface area contributed by atoms with Crippen LogP contribution in [0.1, 0.15) is 11.6 Å². The number of azo groups is 1. The lowest BCUT2D eigenvalue weighted by Gasteiger charge is -2.21. The molecule has 1 heterocycles. The fourth-order valence-electron chi connectivity index (χ4n) is 1.45. The first-order chi connectivity index (χ1) is 7.09. The van der Waals surface area contributed by atoms with E-state index in [1.807, 2.05) is 0 Å². The topological polar surface area (TPSA) is 88.0 Å². The van der Waals surface area contributed by atoms with Gasteiger partial charge in [-0.2, -0.15) is 10.2 Å². The lowest BCUT2D eigenvalue weighted by Crippen LogP contribution is -2.33. The van der Waals surface area contributed by atoms with E-state index in [2.05, 4.69) is 10.2 Å². The van der Waals surface area contributed by atoms with Crippen LogP contribution in [0.4, 0.5) is 10.1 Å². The molecular weight excluding hydrogens is 201 g/mol. The van der Waals surface area contributed by atoms with Gasteiger partial charge in [0.2, 0.25) is 0 Å². The molecule has 78 valence electrons. The summed E-state index contributed by atoms with van der Waals surface area (Å²) in [5.74, 6) is -1.59. The Morgan fingerprint density at radius 2 is 2.27 bits per heavy atom. The second kappa shape index (κ2) is 3.39. The van der Waals surface area contributed by atoms with Crippen LogP contribution in [0, 0.1) is 5.82 Å². The Labute approximate surface area is 84.4 Å². The van der Waals surface area contributed by atoms with E-state index in [1.165, 1.54) is 18.2 Å². The summed E-state index contributed by atoms with van der Waals surface area (Å²) in [5.41, 5.74) is 6.48. The van der Waals surface area contributed by atoms with Crippen molar-refractivity contribution in [1.29, 1.82) is 0 Å². The van der Waals surface area contributed by atoms with Gasteiger partial charge in [-0.1, -0.05) is 6.07 Å². The van der Waals surface area contributed by atoms with Crippen molar-refractivity contribution in [3.05, 3.63) is 29.6 Å². The number of carbonyl (C=O) groups is 1. The zero-order valence-corrected chi connectivity index (χ0v) is 7.59. The van der Waals surface area contributed by atoms with Gasteiger partial charge < -0.3 is 10.8 Å². The molecule has 1 aliphatic rings. The third-order valence-corrected chi connectivity index (χ3v) is 2.23. The fraction of sp³-hybridized carbons (Fsp3) is 0.222. The van der Waals surface area contributed by atoms with E-state index < -0.39 is 23.9 Å². The van der Waals surface area contributed by atoms with Crippen LogP contribution in [0.5, 0.6) is 0 Å². The number of nitrogens with two attached hydrogens (primary N) is 1. The van der Waals surface area contributed by atoms with Gasteiger partial charge in [0.25, 0.3) is 0 Å². The standard InChI is InChI=1S/C9H8FN3O2/c10-4-1-2-5-6(3-4)12-13-8(7(5)11)9(14)15/h1-3,7-8H,11H2,(H,14,15). The van der Waals surface area contributed by atoms with Gasteiger partial charge in [-0.3, -0.25) is 0 Å². The zero-order valence-electron chi connectivity index (χ0n) is 7.59. The van der Waals surface area contributed by atoms with Crippen LogP contribution in [0.3, 0.4) is 0 Å². The number of fused-ring (bicyclic) bond motifs is 1. The van der Waals surface area contributed by atoms with Gasteiger partial charge >= 0.3 is 5.97 Å². The Kier molecular flexibility index (Phi) is 2.20. The van der Waals surface area contributed by atoms with Crippen molar-refractivity contribution in [1.82, 2.24) is 0 Å². The van der Waals surface area contributed by atoms with Crippen LogP contribution < -0.4 is 5.73 Å². The van der Waals surface area contributed by atoms with Gasteiger partial charge in [-0.15, -0.1) is 0 Å². The van der Waals surface area contributed by atoms with E-state index in [-0.39, 0.29) is 0 Å². The Hall–Kier alpha value is -1.82. The minimum Gasteiger partial charge on any atom is -0.480 e. The number of aliphatic carboxylic acids is 1. The van der Waals surface area contributed by atoms with E-state index in [9.17, 15) is 9.18 Å². The number of nitrogens with zero attached hydrogens (tertiary/aromatic N) is 2. The molecule has 6 heteroatoms. The first-order valence-electron chi connectivity index (χ1n) is 4.28. The summed E-state index contributed by atoms with van der Waals surface area (Å²) in [6.45, 7) is 0. The van der Waals surface area contributed by atoms with Crippen LogP contribution in [0.25, 0.3) is 0 Å². The van der Waals surface area contributed by atoms with Crippen molar-refractivity contribution in [2.24, 2.45) is 16.0 Å². The quantitative estimate of drug-likeness (QED) is 0.732. The van der Waals surface area contributed by atoms with Crippen molar-refractivity contribution in [3.63, 3.8) is 0 Å². The molecule has 1 aliphatic heterocycles. The molecular formula is C9H8FN3O2. The van der Waals surface area contributed by atoms with Gasteiger partial charge in [-0.05, 0) is 11.6 Å². The van der Waals surface area contributed by atoms with E-state index in [0.717, 1.165) is 0 Å². The second-order valence-electron chi connectivity index (χ2n) is 3.23. The largest absolute Gasteiger partial charge is 0.480 e. The lowest BCUT2D eigenvalue weighted by molar-refractivity contribution is -0.139. The molecule has 5 nitrogen and oxygen atoms in total. The van der Waals surface area contributed by atoms with Crippen LogP contribution in [-0.2, 0) is 4.79 Å². The van der Waals surface area contributed by atoms with Crippen LogP contribution in [0.15, 0.2) is 28.4 Å². The molecule has 0 spiro atoms. The predicted molar refractivity (Wildman–Crippen MR) is 49.3 cm³/mol. The molecule has 2 unspecified atom stereocenters. The molecule has 2 atom stereocenters. The fourth-order valence-corrected chi connectivity index (χ4v) is 1.45. The molecule has 15 heavy (non-hydrogen) atoms. The summed E-state index contributed by atoms with van der Waals surface area (Å²) in [4.78, 5) is 10.7. The van der Waals surface area contributed by atoms with Crippen molar-refractivity contribution in [3.8, 4) is 0 Å². The van der Waals surface area contributed by atoms with Crippen molar-refractivity contribution in [2.75, 3.05) is 0 Å². The summed E-state index contributed by atoms with van der Waals surface area (Å²) in [6.07, 6.45) is 0. The Bertz CT molecular complexity index is 447. The summed E-state index contributed by atoms with van der Waals surface area (Å²) in [6, 6.07) is 1.96. The second-order valence-corrected chi connectivity index (χ2v) is 3.23. The Morgan fingerprint density at radius 3 is 2.93 bits per heavy atom. The number of benzene rings is 1. The predicted octanol–water partition coefficient (Wildman–Crippen LogP) is 1.38. The monoisotopic (exact) mass is 209 g/mol. The normalized spacial score (nSPS) is 23.6. The smallest absolute Gasteiger partial charge is 0.332 e. The van der Waals surface area contributed by atoms with E-state index >= 15 is 0 Å². The highest BCUT2D eigenvalue weighted by Gasteiger charge is 2.31. The molecule has 0 saturated heterocycles. The first-order valence-corrected chi connectivity index (χ1v) is 4.28. The molecule has 0 bridgehead atoms. The molecule has 0 saturated carbocycles. The SMILES string of the molecule is NC1c2ccc(F)cc2N=NC1C(=O)O. The number of carboxylic acid groups (broad SMARTS) is 1. The van der Waals surface area contributed by atoms with Gasteiger partial charge in [0.05, 0.1) is 11.7 Å². The van der Waals surface area contributed by atoms with Crippen molar-refractivity contribution < 1.29 is 14.3 Å². The lowest BCUT2D eigenvalue weighted by atomic mass is 9.98. The maximum atomic E-state index is 12.8. The number of rotatable bonds is 1. The van der Waals surface area contributed by atoms with Gasteiger partial charge in [0.1, 0.15) is 5.82 Å². The number of halogens is 1. The van der Waals surface area contributed by atoms with Gasteiger partial charge in [0, 0.05) is 6.07 Å². The third kappa shape index (κ3) is 1.59. The number of hydrogen-bond acceptors (Lipinski definition) is 4. The average molecular weight is 209 g/mol. The molecule has 0 fully saturated rings. The highest BCUT2D eigenvalue weighted by atomic mass is 19.1. The highest BCUT2D eigenvalue weighted by molar-refractivity contribution is 5.76. The Morgan fingerprint density at radius 1 is 1.53 bits per heavy atom. The molecule has 2 rings (SSSR count). The summed E-state index contributed by atoms with van der Waals surface area (Å²) in [7, 11) is 0. The van der Waals surface area contributed by atoms with Crippen LogP contribution in [-0.4, -0.2) is 17.1 Å². The van der Waals surface area contributed by atoms with E-state index in [0.29, 0.717) is 11.3 Å². The molecule has 0 amide bonds. The summed E-state index contributed by atoms with van der Waals surface area (Å²) >= 11 is 0. The molecule has 0 aromatic heterocycles. The van der Waals surface area contributed by atoms with E-state index in [4.69, 9.17) is 10.8 Å². The average Bonchev–Trinajstić information content (AvgIpc) is 2.17.